The van der Waals surface area contributed by atoms with Crippen molar-refractivity contribution in [2.75, 3.05) is 12.9 Å². The predicted octanol–water partition coefficient (Wildman–Crippen LogP) is 3.82. The maximum absolute atomic E-state index is 12.2. The Morgan fingerprint density at radius 1 is 1.29 bits per heavy atom. The molecule has 0 spiro atoms. The number of thioether (sulfide) groups is 1. The zero-order valence-electron chi connectivity index (χ0n) is 15.5. The average molecular weight is 413 g/mol. The van der Waals surface area contributed by atoms with E-state index in [1.807, 2.05) is 24.3 Å². The molecule has 1 aromatic carbocycles. The molecular formula is C20H20N4O2S2. The molecule has 3 aromatic rings. The molecule has 8 heteroatoms. The first kappa shape index (κ1) is 18.9. The lowest BCUT2D eigenvalue weighted by molar-refractivity contribution is -0.118. The first-order chi connectivity index (χ1) is 13.7. The maximum atomic E-state index is 12.2. The Hall–Kier alpha value is -2.45. The molecule has 0 aliphatic heterocycles. The van der Waals surface area contributed by atoms with Gasteiger partial charge < -0.3 is 4.74 Å². The normalized spacial score (nSPS) is 13.6. The van der Waals surface area contributed by atoms with Crippen LogP contribution in [0.1, 0.15) is 28.8 Å². The van der Waals surface area contributed by atoms with Gasteiger partial charge in [-0.3, -0.25) is 4.79 Å². The molecule has 0 saturated heterocycles. The van der Waals surface area contributed by atoms with Crippen molar-refractivity contribution in [1.29, 1.82) is 0 Å². The third-order valence-corrected chi connectivity index (χ3v) is 6.76. The summed E-state index contributed by atoms with van der Waals surface area (Å²) < 4.78 is 5.12. The topological polar surface area (TPSA) is 76.5 Å². The first-order valence-electron chi connectivity index (χ1n) is 9.08. The molecule has 144 valence electrons. The number of rotatable bonds is 6. The Bertz CT molecular complexity index is 1010. The van der Waals surface area contributed by atoms with Gasteiger partial charge in [0.2, 0.25) is 5.91 Å². The number of thiophene rings is 1. The summed E-state index contributed by atoms with van der Waals surface area (Å²) in [6.45, 7) is 0. The fraction of sp³-hybridized carbons (Fsp3) is 0.300. The molecule has 28 heavy (non-hydrogen) atoms. The molecular weight excluding hydrogens is 392 g/mol. The largest absolute Gasteiger partial charge is 0.497 e. The van der Waals surface area contributed by atoms with Crippen molar-refractivity contribution < 1.29 is 9.53 Å². The number of ether oxygens (including phenoxy) is 1. The van der Waals surface area contributed by atoms with Crippen molar-refractivity contribution in [3.8, 4) is 5.75 Å². The second kappa shape index (κ2) is 8.70. The lowest BCUT2D eigenvalue weighted by atomic mass is 9.97. The molecule has 0 radical (unpaired) electrons. The third kappa shape index (κ3) is 4.18. The summed E-state index contributed by atoms with van der Waals surface area (Å²) in [4.78, 5) is 23.5. The van der Waals surface area contributed by atoms with Crippen molar-refractivity contribution in [3.63, 3.8) is 0 Å². The van der Waals surface area contributed by atoms with E-state index in [4.69, 9.17) is 4.74 Å². The summed E-state index contributed by atoms with van der Waals surface area (Å²) in [5.41, 5.74) is 4.84. The minimum Gasteiger partial charge on any atom is -0.497 e. The van der Waals surface area contributed by atoms with Gasteiger partial charge in [-0.1, -0.05) is 11.8 Å². The van der Waals surface area contributed by atoms with E-state index in [1.165, 1.54) is 35.0 Å². The summed E-state index contributed by atoms with van der Waals surface area (Å²) in [6.07, 6.45) is 7.85. The van der Waals surface area contributed by atoms with Crippen LogP contribution in [-0.2, 0) is 17.6 Å². The minimum absolute atomic E-state index is 0.161. The van der Waals surface area contributed by atoms with Gasteiger partial charge in [0.25, 0.3) is 0 Å². The van der Waals surface area contributed by atoms with E-state index in [1.54, 1.807) is 31.0 Å². The lowest BCUT2D eigenvalue weighted by Gasteiger charge is -2.11. The van der Waals surface area contributed by atoms with E-state index in [0.29, 0.717) is 0 Å². The molecule has 0 atom stereocenters. The van der Waals surface area contributed by atoms with E-state index < -0.39 is 0 Å². The number of amides is 1. The Labute approximate surface area is 171 Å². The van der Waals surface area contributed by atoms with Crippen molar-refractivity contribution in [2.24, 2.45) is 5.10 Å². The number of aromatic nitrogens is 2. The third-order valence-electron chi connectivity index (χ3n) is 4.58. The van der Waals surface area contributed by atoms with Gasteiger partial charge in [0.1, 0.15) is 21.9 Å². The van der Waals surface area contributed by atoms with Gasteiger partial charge in [0.15, 0.2) is 0 Å². The van der Waals surface area contributed by atoms with Gasteiger partial charge in [-0.25, -0.2) is 15.4 Å². The fourth-order valence-corrected chi connectivity index (χ4v) is 5.32. The summed E-state index contributed by atoms with van der Waals surface area (Å²) in [7, 11) is 1.62. The Morgan fingerprint density at radius 3 is 2.93 bits per heavy atom. The van der Waals surface area contributed by atoms with Gasteiger partial charge >= 0.3 is 0 Å². The molecule has 1 N–H and O–H groups in total. The fourth-order valence-electron chi connectivity index (χ4n) is 3.21. The quantitative estimate of drug-likeness (QED) is 0.288. The van der Waals surface area contributed by atoms with Crippen LogP contribution in [0.15, 0.2) is 40.7 Å². The van der Waals surface area contributed by atoms with Crippen molar-refractivity contribution in [3.05, 3.63) is 46.6 Å². The van der Waals surface area contributed by atoms with Gasteiger partial charge in [0.05, 0.1) is 19.1 Å². The number of carbonyl (C=O) groups is 1. The molecule has 0 bridgehead atoms. The number of methoxy groups -OCH3 is 1. The van der Waals surface area contributed by atoms with Crippen LogP contribution >= 0.6 is 23.1 Å². The predicted molar refractivity (Wildman–Crippen MR) is 114 cm³/mol. The van der Waals surface area contributed by atoms with Gasteiger partial charge in [0, 0.05) is 10.3 Å². The molecule has 0 unspecified atom stereocenters. The summed E-state index contributed by atoms with van der Waals surface area (Å²) in [5, 5.41) is 6.05. The van der Waals surface area contributed by atoms with Gasteiger partial charge in [-0.2, -0.15) is 5.10 Å². The van der Waals surface area contributed by atoms with E-state index in [2.05, 4.69) is 20.5 Å². The van der Waals surface area contributed by atoms with Gasteiger partial charge in [-0.05, 0) is 61.1 Å². The molecule has 2 aromatic heterocycles. The zero-order valence-corrected chi connectivity index (χ0v) is 17.1. The van der Waals surface area contributed by atoms with Crippen LogP contribution in [-0.4, -0.2) is 35.0 Å². The van der Waals surface area contributed by atoms with E-state index >= 15 is 0 Å². The number of benzene rings is 1. The molecule has 4 rings (SSSR count). The van der Waals surface area contributed by atoms with Crippen LogP contribution < -0.4 is 10.2 Å². The highest BCUT2D eigenvalue weighted by Gasteiger charge is 2.20. The molecule has 0 fully saturated rings. The van der Waals surface area contributed by atoms with Gasteiger partial charge in [-0.15, -0.1) is 11.3 Å². The molecule has 0 saturated carbocycles. The van der Waals surface area contributed by atoms with E-state index in [-0.39, 0.29) is 11.7 Å². The number of nitrogens with one attached hydrogen (secondary N) is 1. The first-order valence-corrected chi connectivity index (χ1v) is 10.9. The van der Waals surface area contributed by atoms with Crippen LogP contribution in [0.25, 0.3) is 10.2 Å². The number of hydrogen-bond acceptors (Lipinski definition) is 7. The molecule has 6 nitrogen and oxygen atoms in total. The summed E-state index contributed by atoms with van der Waals surface area (Å²) in [5.74, 6) is 0.881. The highest BCUT2D eigenvalue weighted by Crippen LogP contribution is 2.39. The second-order valence-corrected chi connectivity index (χ2v) is 8.47. The van der Waals surface area contributed by atoms with Crippen LogP contribution in [0.5, 0.6) is 5.75 Å². The lowest BCUT2D eigenvalue weighted by Crippen LogP contribution is -2.19. The number of fused-ring (bicyclic) bond motifs is 3. The number of carbonyl (C=O) groups excluding carboxylic acids is 1. The summed E-state index contributed by atoms with van der Waals surface area (Å²) >= 11 is 3.20. The number of hydrazone groups is 1. The highest BCUT2D eigenvalue weighted by molar-refractivity contribution is 8.00. The highest BCUT2D eigenvalue weighted by atomic mass is 32.2. The zero-order chi connectivity index (χ0) is 19.3. The smallest absolute Gasteiger partial charge is 0.250 e. The minimum atomic E-state index is -0.161. The number of aryl methyl sites for hydroxylation is 2. The second-order valence-electron chi connectivity index (χ2n) is 6.42. The van der Waals surface area contributed by atoms with Crippen molar-refractivity contribution >= 4 is 45.4 Å². The Balaban J connectivity index is 1.38. The molecule has 2 heterocycles. The average Bonchev–Trinajstić information content (AvgIpc) is 3.12. The van der Waals surface area contributed by atoms with Crippen molar-refractivity contribution in [1.82, 2.24) is 15.4 Å². The molecule has 1 aliphatic carbocycles. The number of nitrogens with zero attached hydrogens (tertiary/aromatic N) is 3. The van der Waals surface area contributed by atoms with Crippen LogP contribution in [0.3, 0.4) is 0 Å². The van der Waals surface area contributed by atoms with E-state index in [0.717, 1.165) is 39.4 Å². The van der Waals surface area contributed by atoms with Crippen LogP contribution in [0, 0.1) is 0 Å². The maximum Gasteiger partial charge on any atom is 0.250 e. The molecule has 1 amide bonds. The van der Waals surface area contributed by atoms with E-state index in [9.17, 15) is 4.79 Å². The van der Waals surface area contributed by atoms with Crippen LogP contribution in [0.4, 0.5) is 0 Å². The number of hydrogen-bond donors (Lipinski definition) is 1. The Kier molecular flexibility index (Phi) is 5.87. The summed E-state index contributed by atoms with van der Waals surface area (Å²) in [6, 6.07) is 7.45. The standard InChI is InChI=1S/C20H20N4O2S2/c1-26-14-8-6-13(7-9-14)10-23-24-17(25)11-27-19-18-15-4-2-3-5-16(15)28-20(18)22-12-21-19/h6-10,12H,2-5,11H2,1H3,(H,24,25)/b23-10-. The monoisotopic (exact) mass is 412 g/mol. The van der Waals surface area contributed by atoms with Crippen LogP contribution in [0.2, 0.25) is 0 Å². The molecule has 1 aliphatic rings. The SMILES string of the molecule is COc1ccc(/C=N\NC(=O)CSc2ncnc3sc4c(c23)CCCC4)cc1. The Morgan fingerprint density at radius 2 is 2.11 bits per heavy atom. The van der Waals surface area contributed by atoms with Crippen molar-refractivity contribution in [2.45, 2.75) is 30.7 Å².